The Morgan fingerprint density at radius 3 is 2.15 bits per heavy atom. The largest absolute Gasteiger partial charge is 0.481 e. The molecule has 0 atom stereocenters. The van der Waals surface area contributed by atoms with Crippen molar-refractivity contribution in [3.63, 3.8) is 0 Å². The van der Waals surface area contributed by atoms with Gasteiger partial charge in [-0.3, -0.25) is 4.79 Å². The summed E-state index contributed by atoms with van der Waals surface area (Å²) in [6.45, 7) is 1.23. The van der Waals surface area contributed by atoms with Crippen LogP contribution in [-0.2, 0) is 14.8 Å². The van der Waals surface area contributed by atoms with E-state index in [1.54, 1.807) is 19.0 Å². The average Bonchev–Trinajstić information content (AvgIpc) is 2.37. The van der Waals surface area contributed by atoms with E-state index in [-0.39, 0.29) is 37.7 Å². The van der Waals surface area contributed by atoms with E-state index in [4.69, 9.17) is 5.11 Å². The van der Waals surface area contributed by atoms with Crippen molar-refractivity contribution in [2.45, 2.75) is 12.8 Å². The fourth-order valence-electron chi connectivity index (χ4n) is 1.98. The number of amides is 2. The van der Waals surface area contributed by atoms with E-state index >= 15 is 0 Å². The molecule has 1 heterocycles. The highest BCUT2D eigenvalue weighted by Crippen LogP contribution is 2.11. The number of carbonyl (C=O) groups is 2. The number of hydrogen-bond acceptors (Lipinski definition) is 4. The second-order valence-corrected chi connectivity index (χ2v) is 6.96. The molecule has 0 aromatic carbocycles. The zero-order valence-electron chi connectivity index (χ0n) is 11.8. The third-order valence-electron chi connectivity index (χ3n) is 3.08. The molecule has 20 heavy (non-hydrogen) atoms. The average molecular weight is 307 g/mol. The maximum atomic E-state index is 12.0. The first kappa shape index (κ1) is 16.7. The summed E-state index contributed by atoms with van der Waals surface area (Å²) in [7, 11) is -0.130. The zero-order valence-corrected chi connectivity index (χ0v) is 12.6. The second kappa shape index (κ2) is 6.89. The van der Waals surface area contributed by atoms with Crippen LogP contribution in [0.1, 0.15) is 12.8 Å². The number of sulfonamides is 1. The number of piperazine rings is 1. The first-order chi connectivity index (χ1) is 9.24. The van der Waals surface area contributed by atoms with Gasteiger partial charge in [-0.2, -0.15) is 4.31 Å². The topological polar surface area (TPSA) is 98.2 Å². The Hall–Kier alpha value is -1.35. The first-order valence-corrected chi connectivity index (χ1v) is 8.01. The predicted molar refractivity (Wildman–Crippen MR) is 72.9 cm³/mol. The minimum atomic E-state index is -3.43. The lowest BCUT2D eigenvalue weighted by molar-refractivity contribution is -0.137. The molecule has 0 unspecified atom stereocenters. The summed E-state index contributed by atoms with van der Waals surface area (Å²) in [5.74, 6) is -1.16. The number of hydrogen-bond donors (Lipinski definition) is 1. The van der Waals surface area contributed by atoms with Gasteiger partial charge in [-0.05, 0) is 6.42 Å². The molecule has 1 N–H and O–H groups in total. The summed E-state index contributed by atoms with van der Waals surface area (Å²) >= 11 is 0. The van der Waals surface area contributed by atoms with Crippen LogP contribution >= 0.6 is 0 Å². The van der Waals surface area contributed by atoms with Gasteiger partial charge in [0.15, 0.2) is 0 Å². The second-order valence-electron chi connectivity index (χ2n) is 4.88. The maximum Gasteiger partial charge on any atom is 0.319 e. The summed E-state index contributed by atoms with van der Waals surface area (Å²) in [6.07, 6.45) is -0.0488. The van der Waals surface area contributed by atoms with E-state index in [0.717, 1.165) is 0 Å². The zero-order chi connectivity index (χ0) is 15.3. The van der Waals surface area contributed by atoms with Crippen LogP contribution in [0.15, 0.2) is 0 Å². The third-order valence-corrected chi connectivity index (χ3v) is 5.03. The van der Waals surface area contributed by atoms with E-state index in [0.29, 0.717) is 13.1 Å². The van der Waals surface area contributed by atoms with Gasteiger partial charge in [0, 0.05) is 46.7 Å². The number of nitrogens with zero attached hydrogens (tertiary/aromatic N) is 3. The fourth-order valence-corrected chi connectivity index (χ4v) is 3.46. The van der Waals surface area contributed by atoms with E-state index < -0.39 is 16.0 Å². The normalized spacial score (nSPS) is 17.0. The Balaban J connectivity index is 2.47. The molecule has 0 saturated carbocycles. The van der Waals surface area contributed by atoms with E-state index in [2.05, 4.69) is 0 Å². The number of urea groups is 1. The molecule has 0 bridgehead atoms. The number of carboxylic acid groups (broad SMARTS) is 1. The van der Waals surface area contributed by atoms with Gasteiger partial charge in [0.05, 0.1) is 5.75 Å². The highest BCUT2D eigenvalue weighted by molar-refractivity contribution is 7.89. The van der Waals surface area contributed by atoms with Crippen LogP contribution in [0.2, 0.25) is 0 Å². The van der Waals surface area contributed by atoms with Gasteiger partial charge < -0.3 is 14.9 Å². The number of carbonyl (C=O) groups excluding carboxylic acids is 1. The Kier molecular flexibility index (Phi) is 5.75. The molecule has 1 fully saturated rings. The number of rotatable bonds is 5. The Labute approximate surface area is 119 Å². The van der Waals surface area contributed by atoms with Gasteiger partial charge in [0.1, 0.15) is 0 Å². The lowest BCUT2D eigenvalue weighted by Crippen LogP contribution is -2.53. The quantitative estimate of drug-likeness (QED) is 0.737. The molecule has 1 saturated heterocycles. The Morgan fingerprint density at radius 1 is 1.15 bits per heavy atom. The molecule has 116 valence electrons. The van der Waals surface area contributed by atoms with Crippen molar-refractivity contribution in [3.8, 4) is 0 Å². The third kappa shape index (κ3) is 4.64. The minimum absolute atomic E-state index is 0.106. The summed E-state index contributed by atoms with van der Waals surface area (Å²) in [5.41, 5.74) is 0. The van der Waals surface area contributed by atoms with Crippen molar-refractivity contribution in [1.29, 1.82) is 0 Å². The van der Waals surface area contributed by atoms with Crippen LogP contribution in [0.25, 0.3) is 0 Å². The molecule has 9 heteroatoms. The van der Waals surface area contributed by atoms with Gasteiger partial charge in [0.2, 0.25) is 10.0 Å². The minimum Gasteiger partial charge on any atom is -0.481 e. The maximum absolute atomic E-state index is 12.0. The highest BCUT2D eigenvalue weighted by Gasteiger charge is 2.29. The van der Waals surface area contributed by atoms with E-state index in [1.807, 2.05) is 0 Å². The van der Waals surface area contributed by atoms with Crippen molar-refractivity contribution < 1.29 is 23.1 Å². The SMILES string of the molecule is CN(C)C(=O)N1CCN(S(=O)(=O)CCCC(=O)O)CC1. The summed E-state index contributed by atoms with van der Waals surface area (Å²) in [5, 5.41) is 8.51. The van der Waals surface area contributed by atoms with Gasteiger partial charge in [-0.25, -0.2) is 13.2 Å². The summed E-state index contributed by atoms with van der Waals surface area (Å²) in [6, 6.07) is -0.132. The van der Waals surface area contributed by atoms with E-state index in [1.165, 1.54) is 9.21 Å². The van der Waals surface area contributed by atoms with Crippen LogP contribution in [-0.4, -0.2) is 85.7 Å². The molecule has 2 amide bonds. The molecular formula is C11H21N3O5S. The lowest BCUT2D eigenvalue weighted by atomic mass is 10.3. The van der Waals surface area contributed by atoms with Crippen molar-refractivity contribution in [2.75, 3.05) is 46.0 Å². The highest BCUT2D eigenvalue weighted by atomic mass is 32.2. The van der Waals surface area contributed by atoms with Crippen molar-refractivity contribution >= 4 is 22.0 Å². The van der Waals surface area contributed by atoms with Crippen LogP contribution in [0.4, 0.5) is 4.79 Å². The van der Waals surface area contributed by atoms with Crippen molar-refractivity contribution in [2.24, 2.45) is 0 Å². The fraction of sp³-hybridized carbons (Fsp3) is 0.818. The van der Waals surface area contributed by atoms with Crippen LogP contribution in [0.3, 0.4) is 0 Å². The molecule has 1 rings (SSSR count). The van der Waals surface area contributed by atoms with Gasteiger partial charge >= 0.3 is 12.0 Å². The van der Waals surface area contributed by atoms with Crippen LogP contribution < -0.4 is 0 Å². The van der Waals surface area contributed by atoms with Gasteiger partial charge in [-0.15, -0.1) is 0 Å². The first-order valence-electron chi connectivity index (χ1n) is 6.40. The number of carboxylic acids is 1. The summed E-state index contributed by atoms with van der Waals surface area (Å²) < 4.78 is 25.3. The molecule has 0 spiro atoms. The molecule has 1 aliphatic rings. The van der Waals surface area contributed by atoms with Crippen molar-refractivity contribution in [1.82, 2.24) is 14.1 Å². The smallest absolute Gasteiger partial charge is 0.319 e. The lowest BCUT2D eigenvalue weighted by Gasteiger charge is -2.35. The standard InChI is InChI=1S/C11H21N3O5S/c1-12(2)11(17)13-5-7-14(8-6-13)20(18,19)9-3-4-10(15)16/h3-9H2,1-2H3,(H,15,16). The Bertz CT molecular complexity index is 455. The summed E-state index contributed by atoms with van der Waals surface area (Å²) in [4.78, 5) is 25.2. The van der Waals surface area contributed by atoms with E-state index in [9.17, 15) is 18.0 Å². The molecule has 0 aliphatic carbocycles. The molecule has 0 aromatic heterocycles. The molecule has 1 aliphatic heterocycles. The molecule has 0 radical (unpaired) electrons. The molecule has 8 nitrogen and oxygen atoms in total. The Morgan fingerprint density at radius 2 is 1.70 bits per heavy atom. The number of aliphatic carboxylic acids is 1. The van der Waals surface area contributed by atoms with Crippen molar-refractivity contribution in [3.05, 3.63) is 0 Å². The monoisotopic (exact) mass is 307 g/mol. The predicted octanol–water partition coefficient (Wildman–Crippen LogP) is -0.520. The van der Waals surface area contributed by atoms with Crippen LogP contribution in [0, 0.1) is 0 Å². The molecular weight excluding hydrogens is 286 g/mol. The van der Waals surface area contributed by atoms with Crippen LogP contribution in [0.5, 0.6) is 0 Å². The van der Waals surface area contributed by atoms with Gasteiger partial charge in [0.25, 0.3) is 0 Å². The molecule has 0 aromatic rings. The van der Waals surface area contributed by atoms with Gasteiger partial charge in [-0.1, -0.05) is 0 Å².